The van der Waals surface area contributed by atoms with E-state index in [1.165, 1.54) is 0 Å². The Morgan fingerprint density at radius 3 is 2.65 bits per heavy atom. The maximum Gasteiger partial charge on any atom is 0.340 e. The van der Waals surface area contributed by atoms with Crippen LogP contribution in [0, 0.1) is 6.92 Å². The van der Waals surface area contributed by atoms with Crippen molar-refractivity contribution in [2.75, 3.05) is 20.6 Å². The van der Waals surface area contributed by atoms with E-state index in [9.17, 15) is 4.79 Å². The molecule has 0 unspecified atom stereocenters. The first kappa shape index (κ1) is 18.0. The molecule has 1 aromatic heterocycles. The van der Waals surface area contributed by atoms with Gasteiger partial charge < -0.3 is 14.6 Å². The number of hydrogen-bond acceptors (Lipinski definition) is 3. The predicted molar refractivity (Wildman–Crippen MR) is 106 cm³/mol. The van der Waals surface area contributed by atoms with Crippen LogP contribution in [0.4, 0.5) is 0 Å². The second-order valence-corrected chi connectivity index (χ2v) is 6.66. The molecule has 0 radical (unpaired) electrons. The highest BCUT2D eigenvalue weighted by molar-refractivity contribution is 6.06. The second kappa shape index (κ2) is 8.02. The molecule has 4 heteroatoms. The minimum Gasteiger partial charge on any atom is -0.457 e. The highest BCUT2D eigenvalue weighted by Crippen LogP contribution is 2.25. The zero-order valence-electron chi connectivity index (χ0n) is 15.5. The molecule has 0 aliphatic heterocycles. The summed E-state index contributed by atoms with van der Waals surface area (Å²) in [5, 5.41) is 0.896. The molecule has 134 valence electrons. The monoisotopic (exact) mass is 348 g/mol. The first-order valence-corrected chi connectivity index (χ1v) is 8.69. The molecule has 0 fully saturated rings. The maximum atomic E-state index is 12.7. The Morgan fingerprint density at radius 2 is 1.92 bits per heavy atom. The molecule has 4 nitrogen and oxygen atoms in total. The lowest BCUT2D eigenvalue weighted by Crippen LogP contribution is -2.10. The lowest BCUT2D eigenvalue weighted by Gasteiger charge is -2.06. The fourth-order valence-electron chi connectivity index (χ4n) is 2.91. The van der Waals surface area contributed by atoms with E-state index in [-0.39, 0.29) is 12.6 Å². The van der Waals surface area contributed by atoms with Crippen molar-refractivity contribution < 1.29 is 9.53 Å². The molecule has 3 rings (SSSR count). The van der Waals surface area contributed by atoms with Gasteiger partial charge in [-0.1, -0.05) is 48.6 Å². The van der Waals surface area contributed by atoms with Crippen molar-refractivity contribution in [3.05, 3.63) is 77.0 Å². The van der Waals surface area contributed by atoms with E-state index in [4.69, 9.17) is 4.74 Å². The van der Waals surface area contributed by atoms with Crippen LogP contribution in [0.2, 0.25) is 0 Å². The van der Waals surface area contributed by atoms with E-state index < -0.39 is 0 Å². The largest absolute Gasteiger partial charge is 0.457 e. The molecule has 1 N–H and O–H groups in total. The number of carbonyl (C=O) groups is 1. The summed E-state index contributed by atoms with van der Waals surface area (Å²) in [5.41, 5.74) is 4.42. The van der Waals surface area contributed by atoms with Crippen LogP contribution < -0.4 is 0 Å². The minimum atomic E-state index is -0.299. The van der Waals surface area contributed by atoms with Gasteiger partial charge in [0.25, 0.3) is 0 Å². The summed E-state index contributed by atoms with van der Waals surface area (Å²) in [7, 11) is 4.06. The van der Waals surface area contributed by atoms with Crippen LogP contribution in [0.25, 0.3) is 17.0 Å². The van der Waals surface area contributed by atoms with E-state index >= 15 is 0 Å². The molecular formula is C22H24N2O2. The SMILES string of the molecule is Cc1[nH]c2ccc(C=CCN(C)C)cc2c1C(=O)OCc1ccccc1. The number of aryl methyl sites for hydroxylation is 1. The quantitative estimate of drug-likeness (QED) is 0.671. The highest BCUT2D eigenvalue weighted by Gasteiger charge is 2.17. The number of aromatic amines is 1. The van der Waals surface area contributed by atoms with Gasteiger partial charge in [-0.25, -0.2) is 4.79 Å². The van der Waals surface area contributed by atoms with Gasteiger partial charge in [0.15, 0.2) is 0 Å². The summed E-state index contributed by atoms with van der Waals surface area (Å²) in [5.74, 6) is -0.299. The number of fused-ring (bicyclic) bond motifs is 1. The molecule has 0 bridgehead atoms. The fourth-order valence-corrected chi connectivity index (χ4v) is 2.91. The smallest absolute Gasteiger partial charge is 0.340 e. The molecule has 0 amide bonds. The number of ether oxygens (including phenoxy) is 1. The van der Waals surface area contributed by atoms with Gasteiger partial charge in [-0.05, 0) is 44.3 Å². The molecule has 0 atom stereocenters. The molecule has 0 saturated carbocycles. The molecule has 0 saturated heterocycles. The number of hydrogen-bond donors (Lipinski definition) is 1. The molecule has 3 aromatic rings. The number of rotatable bonds is 6. The fraction of sp³-hybridized carbons (Fsp3) is 0.227. The first-order valence-electron chi connectivity index (χ1n) is 8.69. The molecule has 0 spiro atoms. The third-order valence-electron chi connectivity index (χ3n) is 4.21. The number of esters is 1. The van der Waals surface area contributed by atoms with Gasteiger partial charge in [-0.2, -0.15) is 0 Å². The van der Waals surface area contributed by atoms with Crippen LogP contribution >= 0.6 is 0 Å². The summed E-state index contributed by atoms with van der Waals surface area (Å²) < 4.78 is 5.53. The van der Waals surface area contributed by atoms with Crippen molar-refractivity contribution in [3.8, 4) is 0 Å². The van der Waals surface area contributed by atoms with E-state index in [0.717, 1.165) is 34.3 Å². The number of benzene rings is 2. The number of aromatic nitrogens is 1. The number of likely N-dealkylation sites (N-methyl/N-ethyl adjacent to an activating group) is 1. The van der Waals surface area contributed by atoms with Gasteiger partial charge >= 0.3 is 5.97 Å². The van der Waals surface area contributed by atoms with E-state index in [2.05, 4.69) is 22.0 Å². The number of nitrogens with one attached hydrogen (secondary N) is 1. The summed E-state index contributed by atoms with van der Waals surface area (Å²) >= 11 is 0. The topological polar surface area (TPSA) is 45.3 Å². The van der Waals surface area contributed by atoms with Crippen molar-refractivity contribution in [1.82, 2.24) is 9.88 Å². The molecular weight excluding hydrogens is 324 g/mol. The molecule has 0 aliphatic rings. The number of nitrogens with zero attached hydrogens (tertiary/aromatic N) is 1. The second-order valence-electron chi connectivity index (χ2n) is 6.66. The normalized spacial score (nSPS) is 11.5. The van der Waals surface area contributed by atoms with Crippen LogP contribution in [-0.2, 0) is 11.3 Å². The van der Waals surface area contributed by atoms with Gasteiger partial charge in [-0.3, -0.25) is 0 Å². The van der Waals surface area contributed by atoms with Crippen LogP contribution in [0.15, 0.2) is 54.6 Å². The van der Waals surface area contributed by atoms with E-state index in [0.29, 0.717) is 5.56 Å². The highest BCUT2D eigenvalue weighted by atomic mass is 16.5. The Morgan fingerprint density at radius 1 is 1.15 bits per heavy atom. The Kier molecular flexibility index (Phi) is 5.54. The Bertz CT molecular complexity index is 924. The Balaban J connectivity index is 1.83. The zero-order valence-corrected chi connectivity index (χ0v) is 15.5. The Labute approximate surface area is 154 Å². The van der Waals surface area contributed by atoms with E-state index in [1.807, 2.05) is 69.6 Å². The number of H-pyrrole nitrogens is 1. The van der Waals surface area contributed by atoms with Gasteiger partial charge in [0, 0.05) is 23.1 Å². The van der Waals surface area contributed by atoms with Crippen molar-refractivity contribution >= 4 is 22.9 Å². The molecule has 2 aromatic carbocycles. The van der Waals surface area contributed by atoms with E-state index in [1.54, 1.807) is 0 Å². The maximum absolute atomic E-state index is 12.7. The average molecular weight is 348 g/mol. The molecule has 26 heavy (non-hydrogen) atoms. The zero-order chi connectivity index (χ0) is 18.5. The van der Waals surface area contributed by atoms with Gasteiger partial charge in [0.1, 0.15) is 6.61 Å². The van der Waals surface area contributed by atoms with Crippen LogP contribution in [0.1, 0.15) is 27.2 Å². The van der Waals surface area contributed by atoms with Crippen molar-refractivity contribution in [1.29, 1.82) is 0 Å². The third kappa shape index (κ3) is 4.21. The molecule has 1 heterocycles. The summed E-state index contributed by atoms with van der Waals surface area (Å²) in [6.07, 6.45) is 4.18. The molecule has 0 aliphatic carbocycles. The summed E-state index contributed by atoms with van der Waals surface area (Å²) in [6, 6.07) is 15.8. The summed E-state index contributed by atoms with van der Waals surface area (Å²) in [6.45, 7) is 3.05. The lowest BCUT2D eigenvalue weighted by atomic mass is 10.1. The van der Waals surface area contributed by atoms with Crippen LogP contribution in [0.3, 0.4) is 0 Å². The third-order valence-corrected chi connectivity index (χ3v) is 4.21. The standard InChI is InChI=1S/C22H24N2O2/c1-16-21(22(25)26-15-18-8-5-4-6-9-18)19-14-17(10-7-13-24(2)3)11-12-20(19)23-16/h4-12,14,23H,13,15H2,1-3H3. The Hall–Kier alpha value is -2.85. The minimum absolute atomic E-state index is 0.272. The van der Waals surface area contributed by atoms with Crippen molar-refractivity contribution in [2.24, 2.45) is 0 Å². The van der Waals surface area contributed by atoms with Crippen molar-refractivity contribution in [2.45, 2.75) is 13.5 Å². The number of carbonyl (C=O) groups excluding carboxylic acids is 1. The lowest BCUT2D eigenvalue weighted by molar-refractivity contribution is 0.0474. The average Bonchev–Trinajstić information content (AvgIpc) is 2.95. The predicted octanol–water partition coefficient (Wildman–Crippen LogP) is 4.41. The first-order chi connectivity index (χ1) is 12.5. The van der Waals surface area contributed by atoms with Gasteiger partial charge in [0.2, 0.25) is 0 Å². The van der Waals surface area contributed by atoms with Crippen LogP contribution in [0.5, 0.6) is 0 Å². The van der Waals surface area contributed by atoms with Gasteiger partial charge in [0.05, 0.1) is 5.56 Å². The summed E-state index contributed by atoms with van der Waals surface area (Å²) in [4.78, 5) is 18.0. The van der Waals surface area contributed by atoms with Crippen molar-refractivity contribution in [3.63, 3.8) is 0 Å². The van der Waals surface area contributed by atoms with Gasteiger partial charge in [-0.15, -0.1) is 0 Å². The van der Waals surface area contributed by atoms with Crippen LogP contribution in [-0.4, -0.2) is 36.5 Å².